The number of aryl methyl sites for hydroxylation is 2. The van der Waals surface area contributed by atoms with Crippen molar-refractivity contribution < 1.29 is 9.13 Å². The highest BCUT2D eigenvalue weighted by Crippen LogP contribution is 2.28. The molecule has 0 saturated heterocycles. The summed E-state index contributed by atoms with van der Waals surface area (Å²) < 4.78 is 21.5. The molecule has 3 aromatic rings. The Labute approximate surface area is 170 Å². The van der Waals surface area contributed by atoms with E-state index in [0.29, 0.717) is 17.2 Å². The number of hydrogen-bond acceptors (Lipinski definition) is 4. The number of nitrogens with zero attached hydrogens (tertiary/aromatic N) is 3. The van der Waals surface area contributed by atoms with Crippen LogP contribution in [0.25, 0.3) is 11.3 Å². The number of aromatic nitrogens is 3. The normalized spacial score (nSPS) is 12.0. The maximum atomic E-state index is 14.2. The Balaban J connectivity index is 2.04. The van der Waals surface area contributed by atoms with Crippen molar-refractivity contribution in [1.82, 2.24) is 14.5 Å². The largest absolute Gasteiger partial charge is 0.421 e. The Morgan fingerprint density at radius 3 is 2.69 bits per heavy atom. The van der Waals surface area contributed by atoms with Crippen LogP contribution >= 0.6 is 0 Å². The Kier molecular flexibility index (Phi) is 6.42. The summed E-state index contributed by atoms with van der Waals surface area (Å²) >= 11 is 0. The highest BCUT2D eigenvalue weighted by Gasteiger charge is 2.15. The smallest absolute Gasteiger partial charge is 0.322 e. The molecule has 2 aromatic heterocycles. The molecule has 0 bridgehead atoms. The predicted molar refractivity (Wildman–Crippen MR) is 112 cm³/mol. The molecule has 0 unspecified atom stereocenters. The van der Waals surface area contributed by atoms with Crippen molar-refractivity contribution in [3.05, 3.63) is 70.0 Å². The second-order valence-electron chi connectivity index (χ2n) is 7.48. The lowest BCUT2D eigenvalue weighted by Crippen LogP contribution is -2.14. The van der Waals surface area contributed by atoms with Crippen LogP contribution in [0, 0.1) is 18.7 Å². The summed E-state index contributed by atoms with van der Waals surface area (Å²) in [4.78, 5) is 20.8. The van der Waals surface area contributed by atoms with Crippen molar-refractivity contribution >= 4 is 0 Å². The van der Waals surface area contributed by atoms with E-state index in [1.807, 2.05) is 6.07 Å². The molecule has 0 aliphatic carbocycles. The third-order valence-electron chi connectivity index (χ3n) is 4.84. The van der Waals surface area contributed by atoms with Gasteiger partial charge in [0.15, 0.2) is 11.6 Å². The van der Waals surface area contributed by atoms with E-state index >= 15 is 0 Å². The summed E-state index contributed by atoms with van der Waals surface area (Å²) in [5.74, 6) is 0.116. The molecule has 0 aliphatic heterocycles. The topological polar surface area (TPSA) is 57.0 Å². The van der Waals surface area contributed by atoms with Crippen LogP contribution in [-0.4, -0.2) is 14.5 Å². The van der Waals surface area contributed by atoms with Gasteiger partial charge >= 0.3 is 6.01 Å². The standard InChI is InChI=1S/C23H26FN3O2/c1-5-7-15(2)12-18-13-20(17-10-11-21(28)27(4)14-17)26-23(25-18)29-22-16(3)8-6-9-19(22)24/h6,8-11,13-15H,5,7,12H2,1-4H3/t15-/m1/s1. The Morgan fingerprint density at radius 1 is 1.21 bits per heavy atom. The molecule has 0 amide bonds. The summed E-state index contributed by atoms with van der Waals surface area (Å²) in [5, 5.41) is 0. The zero-order valence-electron chi connectivity index (χ0n) is 17.3. The number of ether oxygens (including phenoxy) is 1. The molecule has 3 rings (SSSR count). The molecule has 29 heavy (non-hydrogen) atoms. The predicted octanol–water partition coefficient (Wildman–Crippen LogP) is 5.06. The average molecular weight is 395 g/mol. The molecule has 5 nitrogen and oxygen atoms in total. The van der Waals surface area contributed by atoms with Crippen molar-refractivity contribution in [2.24, 2.45) is 13.0 Å². The SMILES string of the molecule is CCC[C@@H](C)Cc1cc(-c2ccc(=O)n(C)c2)nc(Oc2c(C)cccc2F)n1. The van der Waals surface area contributed by atoms with Gasteiger partial charge in [-0.2, -0.15) is 9.97 Å². The van der Waals surface area contributed by atoms with Crippen molar-refractivity contribution in [1.29, 1.82) is 0 Å². The van der Waals surface area contributed by atoms with Gasteiger partial charge in [-0.15, -0.1) is 0 Å². The number of benzene rings is 1. The lowest BCUT2D eigenvalue weighted by atomic mass is 9.99. The third-order valence-corrected chi connectivity index (χ3v) is 4.84. The van der Waals surface area contributed by atoms with E-state index in [4.69, 9.17) is 4.74 Å². The molecule has 0 spiro atoms. The zero-order valence-corrected chi connectivity index (χ0v) is 17.3. The number of halogens is 1. The first kappa shape index (κ1) is 20.7. The van der Waals surface area contributed by atoms with Gasteiger partial charge in [0.1, 0.15) is 0 Å². The second-order valence-corrected chi connectivity index (χ2v) is 7.48. The first-order valence-corrected chi connectivity index (χ1v) is 9.85. The fourth-order valence-electron chi connectivity index (χ4n) is 3.31. The second kappa shape index (κ2) is 8.99. The first-order valence-electron chi connectivity index (χ1n) is 9.85. The van der Waals surface area contributed by atoms with Gasteiger partial charge in [-0.1, -0.05) is 38.8 Å². The van der Waals surface area contributed by atoms with Gasteiger partial charge in [-0.05, 0) is 43.0 Å². The van der Waals surface area contributed by atoms with E-state index in [-0.39, 0.29) is 17.3 Å². The van der Waals surface area contributed by atoms with Crippen LogP contribution in [0.3, 0.4) is 0 Å². The number of pyridine rings is 1. The average Bonchev–Trinajstić information content (AvgIpc) is 2.67. The summed E-state index contributed by atoms with van der Waals surface area (Å²) in [5.41, 5.74) is 2.81. The van der Waals surface area contributed by atoms with Crippen LogP contribution in [0.4, 0.5) is 4.39 Å². The molecular weight excluding hydrogens is 369 g/mol. The fraction of sp³-hybridized carbons (Fsp3) is 0.348. The van der Waals surface area contributed by atoms with E-state index in [9.17, 15) is 9.18 Å². The van der Waals surface area contributed by atoms with Crippen molar-refractivity contribution in [2.75, 3.05) is 0 Å². The van der Waals surface area contributed by atoms with Gasteiger partial charge in [-0.25, -0.2) is 4.39 Å². The van der Waals surface area contributed by atoms with Gasteiger partial charge in [0.2, 0.25) is 5.56 Å². The molecule has 0 radical (unpaired) electrons. The van der Waals surface area contributed by atoms with Gasteiger partial charge in [0, 0.05) is 30.6 Å². The molecule has 0 N–H and O–H groups in total. The highest BCUT2D eigenvalue weighted by atomic mass is 19.1. The lowest BCUT2D eigenvalue weighted by Gasteiger charge is -2.14. The molecule has 152 valence electrons. The number of para-hydroxylation sites is 1. The van der Waals surface area contributed by atoms with Gasteiger partial charge in [-0.3, -0.25) is 4.79 Å². The molecule has 1 aromatic carbocycles. The van der Waals surface area contributed by atoms with E-state index < -0.39 is 5.82 Å². The maximum Gasteiger partial charge on any atom is 0.322 e. The summed E-state index contributed by atoms with van der Waals surface area (Å²) in [6, 6.07) is 10.00. The van der Waals surface area contributed by atoms with E-state index in [0.717, 1.165) is 30.5 Å². The molecule has 0 fully saturated rings. The van der Waals surface area contributed by atoms with Crippen molar-refractivity contribution in [3.8, 4) is 23.0 Å². The van der Waals surface area contributed by atoms with E-state index in [1.165, 1.54) is 16.7 Å². The minimum atomic E-state index is -0.456. The molecule has 1 atom stereocenters. The quantitative estimate of drug-likeness (QED) is 0.561. The third kappa shape index (κ3) is 5.08. The van der Waals surface area contributed by atoms with Crippen LogP contribution in [-0.2, 0) is 13.5 Å². The van der Waals surface area contributed by atoms with Gasteiger partial charge in [0.25, 0.3) is 0 Å². The molecular formula is C23H26FN3O2. The monoisotopic (exact) mass is 395 g/mol. The number of rotatable bonds is 7. The van der Waals surface area contributed by atoms with E-state index in [1.54, 1.807) is 38.4 Å². The lowest BCUT2D eigenvalue weighted by molar-refractivity contribution is 0.404. The molecule has 2 heterocycles. The zero-order chi connectivity index (χ0) is 21.0. The molecule has 6 heteroatoms. The van der Waals surface area contributed by atoms with Crippen LogP contribution in [0.15, 0.2) is 47.4 Å². The van der Waals surface area contributed by atoms with Crippen LogP contribution in [0.5, 0.6) is 11.8 Å². The maximum absolute atomic E-state index is 14.2. The van der Waals surface area contributed by atoms with Crippen molar-refractivity contribution in [3.63, 3.8) is 0 Å². The van der Waals surface area contributed by atoms with Crippen molar-refractivity contribution in [2.45, 2.75) is 40.0 Å². The Bertz CT molecular complexity index is 1040. The van der Waals surface area contributed by atoms with Crippen LogP contribution in [0.2, 0.25) is 0 Å². The molecule has 0 saturated carbocycles. The van der Waals surface area contributed by atoms with Gasteiger partial charge in [0.05, 0.1) is 5.69 Å². The minimum Gasteiger partial charge on any atom is -0.421 e. The molecule has 0 aliphatic rings. The van der Waals surface area contributed by atoms with E-state index in [2.05, 4.69) is 23.8 Å². The highest BCUT2D eigenvalue weighted by molar-refractivity contribution is 5.58. The van der Waals surface area contributed by atoms with Gasteiger partial charge < -0.3 is 9.30 Å². The van der Waals surface area contributed by atoms with Crippen LogP contribution < -0.4 is 10.3 Å². The first-order chi connectivity index (χ1) is 13.9. The number of hydrogen-bond donors (Lipinski definition) is 0. The van der Waals surface area contributed by atoms with Crippen LogP contribution in [0.1, 0.15) is 37.9 Å². The minimum absolute atomic E-state index is 0.0990. The Morgan fingerprint density at radius 2 is 2.00 bits per heavy atom. The summed E-state index contributed by atoms with van der Waals surface area (Å²) in [7, 11) is 1.69. The Hall–Kier alpha value is -3.02. The summed E-state index contributed by atoms with van der Waals surface area (Å²) in [6.07, 6.45) is 4.67. The fourth-order valence-corrected chi connectivity index (χ4v) is 3.31. The summed E-state index contributed by atoms with van der Waals surface area (Å²) in [6.45, 7) is 6.11.